The monoisotopic (exact) mass is 463 g/mol. The molecule has 3 aromatic rings. The second-order valence-electron chi connectivity index (χ2n) is 7.52. The van der Waals surface area contributed by atoms with E-state index in [9.17, 15) is 9.59 Å². The molecule has 0 aliphatic rings. The van der Waals surface area contributed by atoms with Crippen molar-refractivity contribution in [2.24, 2.45) is 0 Å². The quantitative estimate of drug-likeness (QED) is 0.431. The van der Waals surface area contributed by atoms with Crippen LogP contribution in [0.4, 0.5) is 0 Å². The number of benzene rings is 3. The van der Waals surface area contributed by atoms with E-state index < -0.39 is 17.9 Å². The molecule has 0 aliphatic heterocycles. The first-order valence-corrected chi connectivity index (χ1v) is 10.9. The zero-order valence-electron chi connectivity index (χ0n) is 19.6. The minimum Gasteiger partial charge on any atom is -0.497 e. The molecule has 0 heterocycles. The minimum absolute atomic E-state index is 0.147. The number of hydrogen-bond acceptors (Lipinski definition) is 6. The van der Waals surface area contributed by atoms with Gasteiger partial charge in [0.2, 0.25) is 0 Å². The molecule has 1 N–H and O–H groups in total. The molecule has 1 amide bonds. The summed E-state index contributed by atoms with van der Waals surface area (Å²) in [5.74, 6) is 1.30. The van der Waals surface area contributed by atoms with Crippen LogP contribution in [0.25, 0.3) is 0 Å². The third-order valence-corrected chi connectivity index (χ3v) is 5.36. The summed E-state index contributed by atoms with van der Waals surface area (Å²) in [5.41, 5.74) is 2.63. The van der Waals surface area contributed by atoms with Gasteiger partial charge in [0.15, 0.2) is 6.61 Å². The maximum absolute atomic E-state index is 12.7. The first kappa shape index (κ1) is 24.6. The fraction of sp³-hybridized carbons (Fsp3) is 0.259. The third kappa shape index (κ3) is 6.75. The largest absolute Gasteiger partial charge is 0.497 e. The van der Waals surface area contributed by atoms with Crippen molar-refractivity contribution in [1.82, 2.24) is 5.32 Å². The molecule has 3 rings (SSSR count). The molecule has 3 aromatic carbocycles. The van der Waals surface area contributed by atoms with Gasteiger partial charge in [0.1, 0.15) is 17.2 Å². The van der Waals surface area contributed by atoms with E-state index >= 15 is 0 Å². The molecule has 0 bridgehead atoms. The Hall–Kier alpha value is -4.00. The molecule has 0 radical (unpaired) electrons. The highest BCUT2D eigenvalue weighted by atomic mass is 16.5. The summed E-state index contributed by atoms with van der Waals surface area (Å²) >= 11 is 0. The number of para-hydroxylation sites is 1. The number of amides is 1. The summed E-state index contributed by atoms with van der Waals surface area (Å²) in [6.07, 6.45) is 0.610. The Balaban J connectivity index is 1.62. The van der Waals surface area contributed by atoms with Crippen molar-refractivity contribution in [2.75, 3.05) is 27.9 Å². The number of ether oxygens (including phenoxy) is 4. The molecule has 0 aliphatic carbocycles. The Morgan fingerprint density at radius 3 is 1.85 bits per heavy atom. The predicted molar refractivity (Wildman–Crippen MR) is 128 cm³/mol. The van der Waals surface area contributed by atoms with E-state index in [1.54, 1.807) is 21.3 Å². The van der Waals surface area contributed by atoms with Gasteiger partial charge in [-0.25, -0.2) is 0 Å². The summed E-state index contributed by atoms with van der Waals surface area (Å²) < 4.78 is 21.0. The van der Waals surface area contributed by atoms with Crippen LogP contribution in [0.2, 0.25) is 0 Å². The molecule has 7 nitrogen and oxygen atoms in total. The van der Waals surface area contributed by atoms with E-state index in [1.807, 2.05) is 72.8 Å². The Bertz CT molecular complexity index is 1030. The van der Waals surface area contributed by atoms with Crippen LogP contribution in [-0.2, 0) is 20.7 Å². The Kier molecular flexibility index (Phi) is 8.91. The summed E-state index contributed by atoms with van der Waals surface area (Å²) in [5, 5.41) is 2.95. The van der Waals surface area contributed by atoms with Gasteiger partial charge in [0.25, 0.3) is 5.91 Å². The Labute approximate surface area is 199 Å². The van der Waals surface area contributed by atoms with Crippen molar-refractivity contribution in [3.05, 3.63) is 89.5 Å². The van der Waals surface area contributed by atoms with Crippen LogP contribution in [0, 0.1) is 0 Å². The van der Waals surface area contributed by atoms with Gasteiger partial charge >= 0.3 is 5.97 Å². The van der Waals surface area contributed by atoms with Gasteiger partial charge in [-0.05, 0) is 53.4 Å². The van der Waals surface area contributed by atoms with Crippen molar-refractivity contribution in [1.29, 1.82) is 0 Å². The first-order valence-electron chi connectivity index (χ1n) is 10.9. The summed E-state index contributed by atoms with van der Waals surface area (Å²) in [6.45, 7) is -0.367. The van der Waals surface area contributed by atoms with Crippen molar-refractivity contribution in [2.45, 2.75) is 18.9 Å². The zero-order chi connectivity index (χ0) is 24.3. The van der Waals surface area contributed by atoms with Crippen LogP contribution in [-0.4, -0.2) is 39.8 Å². The van der Waals surface area contributed by atoms with Crippen LogP contribution in [0.15, 0.2) is 72.8 Å². The molecular weight excluding hydrogens is 434 g/mol. The van der Waals surface area contributed by atoms with Gasteiger partial charge in [0.05, 0.1) is 27.4 Å². The molecular formula is C27H29NO6. The molecule has 0 aromatic heterocycles. The maximum Gasteiger partial charge on any atom is 0.306 e. The summed E-state index contributed by atoms with van der Waals surface area (Å²) in [7, 11) is 4.78. The highest BCUT2D eigenvalue weighted by Crippen LogP contribution is 2.26. The van der Waals surface area contributed by atoms with E-state index in [0.29, 0.717) is 17.9 Å². The van der Waals surface area contributed by atoms with Crippen molar-refractivity contribution >= 4 is 11.9 Å². The predicted octanol–water partition coefficient (Wildman–Crippen LogP) is 4.09. The minimum atomic E-state index is -0.452. The van der Waals surface area contributed by atoms with Gasteiger partial charge in [-0.1, -0.05) is 42.5 Å². The van der Waals surface area contributed by atoms with Gasteiger partial charge < -0.3 is 24.3 Å². The Morgan fingerprint density at radius 1 is 0.765 bits per heavy atom. The lowest BCUT2D eigenvalue weighted by atomic mass is 9.98. The number of aryl methyl sites for hydroxylation is 1. The molecule has 0 spiro atoms. The van der Waals surface area contributed by atoms with Crippen molar-refractivity contribution in [3.8, 4) is 17.2 Å². The summed E-state index contributed by atoms with van der Waals surface area (Å²) in [6, 6.07) is 21.9. The molecule has 0 atom stereocenters. The van der Waals surface area contributed by atoms with Gasteiger partial charge in [-0.2, -0.15) is 0 Å². The molecule has 0 saturated carbocycles. The number of hydrogen-bond donors (Lipinski definition) is 1. The lowest BCUT2D eigenvalue weighted by Crippen LogP contribution is -2.33. The number of rotatable bonds is 11. The number of carbonyl (C=O) groups is 2. The smallest absolute Gasteiger partial charge is 0.306 e. The average molecular weight is 464 g/mol. The van der Waals surface area contributed by atoms with Gasteiger partial charge in [0, 0.05) is 6.42 Å². The van der Waals surface area contributed by atoms with Gasteiger partial charge in [-0.3, -0.25) is 9.59 Å². The fourth-order valence-electron chi connectivity index (χ4n) is 3.52. The fourth-order valence-corrected chi connectivity index (χ4v) is 3.52. The number of esters is 1. The second kappa shape index (κ2) is 12.3. The van der Waals surface area contributed by atoms with Crippen LogP contribution in [0.3, 0.4) is 0 Å². The average Bonchev–Trinajstić information content (AvgIpc) is 2.89. The molecule has 34 heavy (non-hydrogen) atoms. The number of nitrogens with one attached hydrogen (secondary N) is 1. The highest BCUT2D eigenvalue weighted by Gasteiger charge is 2.18. The van der Waals surface area contributed by atoms with Crippen molar-refractivity contribution in [3.63, 3.8) is 0 Å². The van der Waals surface area contributed by atoms with Crippen LogP contribution in [0.5, 0.6) is 17.2 Å². The maximum atomic E-state index is 12.7. The van der Waals surface area contributed by atoms with E-state index in [-0.39, 0.29) is 13.0 Å². The topological polar surface area (TPSA) is 83.1 Å². The number of carbonyl (C=O) groups excluding carboxylic acids is 2. The van der Waals surface area contributed by atoms with E-state index in [0.717, 1.165) is 22.4 Å². The van der Waals surface area contributed by atoms with Gasteiger partial charge in [-0.15, -0.1) is 0 Å². The standard InChI is InChI=1S/C27H29NO6/c1-31-22-13-8-20(9-14-22)27(21-10-15-23(32-2)16-11-21)28-25(29)18-34-26(30)17-12-19-6-4-5-7-24(19)33-3/h4-11,13-16,27H,12,17-18H2,1-3H3,(H,28,29). The molecule has 178 valence electrons. The van der Waals surface area contributed by atoms with Crippen LogP contribution in [0.1, 0.15) is 29.2 Å². The molecule has 0 saturated heterocycles. The van der Waals surface area contributed by atoms with E-state index in [1.165, 1.54) is 0 Å². The van der Waals surface area contributed by atoms with Crippen molar-refractivity contribution < 1.29 is 28.5 Å². The van der Waals surface area contributed by atoms with E-state index in [4.69, 9.17) is 18.9 Å². The number of methoxy groups -OCH3 is 3. The molecule has 0 unspecified atom stereocenters. The molecule has 7 heteroatoms. The second-order valence-corrected chi connectivity index (χ2v) is 7.52. The Morgan fingerprint density at radius 2 is 1.32 bits per heavy atom. The lowest BCUT2D eigenvalue weighted by molar-refractivity contribution is -0.148. The SMILES string of the molecule is COc1ccc(C(NC(=O)COC(=O)CCc2ccccc2OC)c2ccc(OC)cc2)cc1. The van der Waals surface area contributed by atoms with Crippen LogP contribution >= 0.6 is 0 Å². The first-order chi connectivity index (χ1) is 16.5. The summed E-state index contributed by atoms with van der Waals surface area (Å²) in [4.78, 5) is 24.9. The highest BCUT2D eigenvalue weighted by molar-refractivity contribution is 5.81. The lowest BCUT2D eigenvalue weighted by Gasteiger charge is -2.20. The molecule has 0 fully saturated rings. The normalized spacial score (nSPS) is 10.5. The van der Waals surface area contributed by atoms with E-state index in [2.05, 4.69) is 5.32 Å². The third-order valence-electron chi connectivity index (χ3n) is 5.36. The van der Waals surface area contributed by atoms with Crippen LogP contribution < -0.4 is 19.5 Å². The zero-order valence-corrected chi connectivity index (χ0v) is 19.6.